The molecule has 3 N–H and O–H groups in total. The van der Waals surface area contributed by atoms with Gasteiger partial charge >= 0.3 is 6.09 Å². The molecule has 3 aliphatic heterocycles. The third-order valence-corrected chi connectivity index (χ3v) is 13.3. The lowest BCUT2D eigenvalue weighted by atomic mass is 10.0. The van der Waals surface area contributed by atoms with E-state index in [0.717, 1.165) is 51.7 Å². The van der Waals surface area contributed by atoms with Gasteiger partial charge in [0.25, 0.3) is 0 Å². The zero-order chi connectivity index (χ0) is 41.3. The lowest BCUT2D eigenvalue weighted by Crippen LogP contribution is -2.56. The van der Waals surface area contributed by atoms with E-state index < -0.39 is 35.7 Å². The number of hydrogen-bond donors (Lipinski definition) is 3. The van der Waals surface area contributed by atoms with Crippen LogP contribution in [0.15, 0.2) is 30.4 Å². The number of carbonyl (C=O) groups is 4. The van der Waals surface area contributed by atoms with Gasteiger partial charge in [-0.15, -0.1) is 0 Å². The Morgan fingerprint density at radius 1 is 1.05 bits per heavy atom. The second-order valence-electron chi connectivity index (χ2n) is 17.7. The van der Waals surface area contributed by atoms with Gasteiger partial charge in [-0.3, -0.25) is 19.3 Å². The van der Waals surface area contributed by atoms with Gasteiger partial charge < -0.3 is 39.8 Å². The van der Waals surface area contributed by atoms with Crippen molar-refractivity contribution in [2.24, 2.45) is 17.8 Å². The van der Waals surface area contributed by atoms with Gasteiger partial charge in [-0.25, -0.2) is 9.78 Å². The Morgan fingerprint density at radius 3 is 2.61 bits per heavy atom. The number of halogens is 1. The number of allylic oxidation sites excluding steroid dienone is 1. The monoisotopic (exact) mass is 834 g/mol. The molecule has 0 bridgehead atoms. The van der Waals surface area contributed by atoms with Crippen molar-refractivity contribution in [3.05, 3.63) is 35.4 Å². The minimum atomic E-state index is -1.01. The van der Waals surface area contributed by atoms with Crippen LogP contribution in [0.5, 0.6) is 11.5 Å². The molecule has 3 saturated carbocycles. The first-order valence-corrected chi connectivity index (χ1v) is 22.1. The highest BCUT2D eigenvalue weighted by Crippen LogP contribution is 2.52. The molecule has 0 radical (unpaired) electrons. The molecule has 14 nitrogen and oxygen atoms in total. The van der Waals surface area contributed by atoms with Crippen LogP contribution in [0.1, 0.15) is 85.0 Å². The lowest BCUT2D eigenvalue weighted by Gasteiger charge is -2.29. The molecule has 0 unspecified atom stereocenters. The van der Waals surface area contributed by atoms with E-state index in [-0.39, 0.29) is 42.7 Å². The molecule has 2 saturated heterocycles. The predicted octanol–water partition coefficient (Wildman–Crippen LogP) is 5.65. The average molecular weight is 835 g/mol. The fourth-order valence-corrected chi connectivity index (χ4v) is 9.76. The standard InChI is InChI=1S/C44H59ClN6O8/c1-26(2)46-38-23-37(33-11-12-36(39(45)40(33)48-38)57-18-15-50-13-16-56-17-14-50)58-32-22-35-41(53)49-44(27(3)52)24-30(44)9-7-5-4-6-8-10-34(42(54)51(35)25-32)47-43(55)59-31-20-28-19-29(28)21-31/h7,9,11-12,23,26,28-32,34-35H,4-6,8,10,13-22,24-25H2,1-3H3,(H,46,48)(H,47,55)(H,49,53)/b9-7-/t28-,29+,30-,31+,32-,34+,35+,44+/m1/s1. The van der Waals surface area contributed by atoms with Crippen LogP contribution in [-0.4, -0.2) is 120 Å². The Hall–Kier alpha value is -4.14. The van der Waals surface area contributed by atoms with Gasteiger partial charge in [0.1, 0.15) is 58.8 Å². The van der Waals surface area contributed by atoms with Crippen LogP contribution in [0, 0.1) is 17.8 Å². The van der Waals surface area contributed by atoms with Crippen LogP contribution in [0.4, 0.5) is 10.6 Å². The summed E-state index contributed by atoms with van der Waals surface area (Å²) < 4.78 is 24.2. The number of fused-ring (bicyclic) bond motifs is 4. The van der Waals surface area contributed by atoms with Crippen LogP contribution in [-0.2, 0) is 23.9 Å². The smallest absolute Gasteiger partial charge is 0.408 e. The summed E-state index contributed by atoms with van der Waals surface area (Å²) in [5.41, 5.74) is -0.515. The number of aromatic nitrogens is 1. The average Bonchev–Trinajstić information content (AvgIpc) is 4.00. The largest absolute Gasteiger partial charge is 0.491 e. The number of Topliss-reactive ketones (excluding diaryl/α,β-unsaturated/α-hetero) is 1. The van der Waals surface area contributed by atoms with E-state index in [0.29, 0.717) is 84.2 Å². The number of alkyl carbamates (subject to hydrolysis) is 1. The van der Waals surface area contributed by atoms with Crippen molar-refractivity contribution in [3.8, 4) is 11.5 Å². The number of nitrogens with one attached hydrogen (secondary N) is 3. The van der Waals surface area contributed by atoms with Crippen LogP contribution >= 0.6 is 11.6 Å². The molecule has 1 aromatic heterocycles. The van der Waals surface area contributed by atoms with Crippen molar-refractivity contribution in [1.29, 1.82) is 0 Å². The number of pyridine rings is 1. The molecule has 2 aromatic rings. The van der Waals surface area contributed by atoms with Gasteiger partial charge in [-0.05, 0) is 89.7 Å². The van der Waals surface area contributed by atoms with E-state index in [4.69, 9.17) is 35.5 Å². The molecule has 8 atom stereocenters. The van der Waals surface area contributed by atoms with E-state index in [1.165, 1.54) is 18.2 Å². The first-order valence-electron chi connectivity index (χ1n) is 21.7. The van der Waals surface area contributed by atoms with Crippen molar-refractivity contribution in [2.75, 3.05) is 51.3 Å². The molecule has 8 rings (SSSR count). The van der Waals surface area contributed by atoms with E-state index >= 15 is 0 Å². The van der Waals surface area contributed by atoms with Crippen molar-refractivity contribution in [3.63, 3.8) is 0 Å². The van der Waals surface area contributed by atoms with Crippen molar-refractivity contribution >= 4 is 52.0 Å². The van der Waals surface area contributed by atoms with Gasteiger partial charge in [-0.2, -0.15) is 0 Å². The van der Waals surface area contributed by atoms with Crippen LogP contribution in [0.2, 0.25) is 5.02 Å². The number of morpholine rings is 1. The SMILES string of the molecule is CC(=O)[C@@]12C[C@H]1/C=C\CCCCC[C@H](NC(=O)O[C@@H]1C[C@@H]3C[C@@H]3C1)C(=O)N1C[C@H](Oc3cc(NC(C)C)nc4c(Cl)c(OCCN5CCOCC5)ccc34)C[C@H]1C(=O)N2. The van der Waals surface area contributed by atoms with Crippen molar-refractivity contribution in [2.45, 2.75) is 121 Å². The van der Waals surface area contributed by atoms with Crippen molar-refractivity contribution in [1.82, 2.24) is 25.4 Å². The molecule has 1 aromatic carbocycles. The second kappa shape index (κ2) is 17.8. The molecule has 3 amide bonds. The maximum Gasteiger partial charge on any atom is 0.408 e. The normalized spacial score (nSPS) is 31.5. The fraction of sp³-hybridized carbons (Fsp3) is 0.659. The Labute approximate surface area is 351 Å². The molecule has 15 heteroatoms. The zero-order valence-corrected chi connectivity index (χ0v) is 35.3. The summed E-state index contributed by atoms with van der Waals surface area (Å²) in [6.07, 6.45) is 10.1. The van der Waals surface area contributed by atoms with Crippen LogP contribution in [0.25, 0.3) is 10.9 Å². The van der Waals surface area contributed by atoms with Gasteiger partial charge in [0.15, 0.2) is 5.78 Å². The maximum atomic E-state index is 14.7. The summed E-state index contributed by atoms with van der Waals surface area (Å²) in [5.74, 6) is 1.81. The highest BCUT2D eigenvalue weighted by atomic mass is 35.5. The maximum absolute atomic E-state index is 14.7. The third kappa shape index (κ3) is 9.60. The van der Waals surface area contributed by atoms with Gasteiger partial charge in [-0.1, -0.05) is 36.6 Å². The van der Waals surface area contributed by atoms with Crippen LogP contribution < -0.4 is 25.4 Å². The van der Waals surface area contributed by atoms with E-state index in [9.17, 15) is 19.2 Å². The summed E-state index contributed by atoms with van der Waals surface area (Å²) >= 11 is 7.01. The number of anilines is 1. The lowest BCUT2D eigenvalue weighted by molar-refractivity contribution is -0.141. The molecule has 6 aliphatic rings. The van der Waals surface area contributed by atoms with Crippen LogP contribution in [0.3, 0.4) is 0 Å². The summed E-state index contributed by atoms with van der Waals surface area (Å²) in [5, 5.41) is 10.4. The Balaban J connectivity index is 1.05. The molecular formula is C44H59ClN6O8. The zero-order valence-electron chi connectivity index (χ0n) is 34.5. The minimum absolute atomic E-state index is 0.0534. The number of nitrogens with zero attached hydrogens (tertiary/aromatic N) is 3. The Bertz CT molecular complexity index is 1930. The second-order valence-corrected chi connectivity index (χ2v) is 18.1. The van der Waals surface area contributed by atoms with E-state index in [1.807, 2.05) is 38.1 Å². The molecular weight excluding hydrogens is 776 g/mol. The van der Waals surface area contributed by atoms with Gasteiger partial charge in [0, 0.05) is 49.5 Å². The highest BCUT2D eigenvalue weighted by molar-refractivity contribution is 6.36. The van der Waals surface area contributed by atoms with Gasteiger partial charge in [0.05, 0.1) is 25.3 Å². The summed E-state index contributed by atoms with van der Waals surface area (Å²) in [6.45, 7) is 9.92. The Kier molecular flexibility index (Phi) is 12.6. The topological polar surface area (TPSA) is 161 Å². The minimum Gasteiger partial charge on any atom is -0.491 e. The summed E-state index contributed by atoms with van der Waals surface area (Å²) in [6, 6.07) is 3.71. The molecule has 0 spiro atoms. The number of amides is 3. The number of rotatable bonds is 11. The van der Waals surface area contributed by atoms with E-state index in [2.05, 4.69) is 26.9 Å². The first-order chi connectivity index (χ1) is 28.5. The Morgan fingerprint density at radius 2 is 1.85 bits per heavy atom. The quantitative estimate of drug-likeness (QED) is 0.240. The summed E-state index contributed by atoms with van der Waals surface area (Å²) in [7, 11) is 0. The molecule has 59 heavy (non-hydrogen) atoms. The van der Waals surface area contributed by atoms with Gasteiger partial charge in [0.2, 0.25) is 11.8 Å². The number of ether oxygens (including phenoxy) is 4. The fourth-order valence-electron chi connectivity index (χ4n) is 9.50. The van der Waals surface area contributed by atoms with Crippen molar-refractivity contribution < 1.29 is 38.1 Å². The predicted molar refractivity (Wildman–Crippen MR) is 223 cm³/mol. The summed E-state index contributed by atoms with van der Waals surface area (Å²) in [4.78, 5) is 64.1. The third-order valence-electron chi connectivity index (χ3n) is 13.0. The number of benzene rings is 1. The molecule has 5 fully saturated rings. The number of ketones is 1. The highest BCUT2D eigenvalue weighted by Gasteiger charge is 2.59. The molecule has 4 heterocycles. The van der Waals surface area contributed by atoms with E-state index in [1.54, 1.807) is 0 Å². The molecule has 3 aliphatic carbocycles. The number of carbonyl (C=O) groups excluding carboxylic acids is 4. The number of hydrogen-bond acceptors (Lipinski definition) is 11. The molecule has 320 valence electrons. The first kappa shape index (κ1) is 41.6.